The van der Waals surface area contributed by atoms with E-state index in [1.165, 1.54) is 0 Å². The fraction of sp³-hybridized carbons (Fsp3) is 0.455. The molecule has 1 unspecified atom stereocenters. The third-order valence-electron chi connectivity index (χ3n) is 2.57. The molecule has 4 heteroatoms. The molecule has 0 aromatic carbocycles. The molecule has 15 heavy (non-hydrogen) atoms. The first-order chi connectivity index (χ1) is 7.08. The first-order valence-corrected chi connectivity index (χ1v) is 5.88. The zero-order valence-electron chi connectivity index (χ0n) is 8.83. The van der Waals surface area contributed by atoms with Gasteiger partial charge >= 0.3 is 0 Å². The van der Waals surface area contributed by atoms with Crippen LogP contribution in [0.2, 0.25) is 0 Å². The SMILES string of the molecule is Cc1ccc(N2CC(Br)CC2=O)c(C)n1. The average molecular weight is 269 g/mol. The molecule has 1 aromatic rings. The fourth-order valence-corrected chi connectivity index (χ4v) is 2.43. The number of halogens is 1. The molecule has 1 saturated heterocycles. The number of aryl methyl sites for hydroxylation is 2. The molecule has 2 heterocycles. The second-order valence-electron chi connectivity index (χ2n) is 3.86. The normalized spacial score (nSPS) is 21.1. The maximum absolute atomic E-state index is 11.7. The van der Waals surface area contributed by atoms with E-state index in [2.05, 4.69) is 20.9 Å². The molecule has 0 N–H and O–H groups in total. The van der Waals surface area contributed by atoms with Gasteiger partial charge in [-0.2, -0.15) is 0 Å². The first kappa shape index (κ1) is 10.6. The molecule has 0 spiro atoms. The molecule has 3 nitrogen and oxygen atoms in total. The molecule has 0 saturated carbocycles. The third kappa shape index (κ3) is 2.04. The lowest BCUT2D eigenvalue weighted by atomic mass is 10.2. The van der Waals surface area contributed by atoms with Crippen molar-refractivity contribution in [3.05, 3.63) is 23.5 Å². The Morgan fingerprint density at radius 1 is 1.47 bits per heavy atom. The molecule has 1 aromatic heterocycles. The standard InChI is InChI=1S/C11H13BrN2O/c1-7-3-4-10(8(2)13-7)14-6-9(12)5-11(14)15/h3-4,9H,5-6H2,1-2H3. The highest BCUT2D eigenvalue weighted by Crippen LogP contribution is 2.26. The predicted molar refractivity (Wildman–Crippen MR) is 63.4 cm³/mol. The predicted octanol–water partition coefficient (Wildman–Crippen LogP) is 2.20. The maximum Gasteiger partial charge on any atom is 0.228 e. The van der Waals surface area contributed by atoms with Crippen LogP contribution in [0, 0.1) is 13.8 Å². The number of carbonyl (C=O) groups is 1. The summed E-state index contributed by atoms with van der Waals surface area (Å²) in [4.78, 5) is 18.1. The van der Waals surface area contributed by atoms with Crippen LogP contribution in [-0.4, -0.2) is 22.3 Å². The van der Waals surface area contributed by atoms with Gasteiger partial charge in [-0.15, -0.1) is 0 Å². The Bertz CT molecular complexity index is 406. The topological polar surface area (TPSA) is 33.2 Å². The monoisotopic (exact) mass is 268 g/mol. The van der Waals surface area contributed by atoms with E-state index in [-0.39, 0.29) is 10.7 Å². The summed E-state index contributed by atoms with van der Waals surface area (Å²) >= 11 is 3.47. The number of aromatic nitrogens is 1. The highest BCUT2D eigenvalue weighted by atomic mass is 79.9. The lowest BCUT2D eigenvalue weighted by Gasteiger charge is -2.17. The van der Waals surface area contributed by atoms with Crippen LogP contribution >= 0.6 is 15.9 Å². The Morgan fingerprint density at radius 2 is 2.20 bits per heavy atom. The van der Waals surface area contributed by atoms with Crippen LogP contribution < -0.4 is 4.90 Å². The van der Waals surface area contributed by atoms with E-state index < -0.39 is 0 Å². The Balaban J connectivity index is 2.34. The Morgan fingerprint density at radius 3 is 2.73 bits per heavy atom. The molecule has 1 amide bonds. The van der Waals surface area contributed by atoms with Gasteiger partial charge in [-0.3, -0.25) is 9.78 Å². The minimum atomic E-state index is 0.172. The molecule has 0 radical (unpaired) electrons. The van der Waals surface area contributed by atoms with E-state index >= 15 is 0 Å². The maximum atomic E-state index is 11.7. The summed E-state index contributed by atoms with van der Waals surface area (Å²) in [6.07, 6.45) is 0.577. The molecule has 1 fully saturated rings. The fourth-order valence-electron chi connectivity index (χ4n) is 1.86. The summed E-state index contributed by atoms with van der Waals surface area (Å²) in [5.41, 5.74) is 2.84. The minimum absolute atomic E-state index is 0.172. The molecule has 2 rings (SSSR count). The minimum Gasteiger partial charge on any atom is -0.309 e. The second-order valence-corrected chi connectivity index (χ2v) is 5.16. The number of carbonyl (C=O) groups excluding carboxylic acids is 1. The largest absolute Gasteiger partial charge is 0.309 e. The number of rotatable bonds is 1. The second kappa shape index (κ2) is 3.93. The van der Waals surface area contributed by atoms with E-state index in [9.17, 15) is 4.79 Å². The van der Waals surface area contributed by atoms with Crippen LogP contribution in [0.4, 0.5) is 5.69 Å². The number of amides is 1. The summed E-state index contributed by atoms with van der Waals surface area (Å²) in [7, 11) is 0. The van der Waals surface area contributed by atoms with Gasteiger partial charge in [0.25, 0.3) is 0 Å². The highest BCUT2D eigenvalue weighted by molar-refractivity contribution is 9.09. The van der Waals surface area contributed by atoms with Gasteiger partial charge in [-0.1, -0.05) is 15.9 Å². The van der Waals surface area contributed by atoms with Crippen LogP contribution in [0.25, 0.3) is 0 Å². The van der Waals surface area contributed by atoms with Crippen LogP contribution in [0.1, 0.15) is 17.8 Å². The van der Waals surface area contributed by atoms with Crippen molar-refractivity contribution in [1.29, 1.82) is 0 Å². The van der Waals surface area contributed by atoms with Gasteiger partial charge in [-0.05, 0) is 26.0 Å². The molecule has 1 atom stereocenters. The third-order valence-corrected chi connectivity index (χ3v) is 3.18. The summed E-state index contributed by atoms with van der Waals surface area (Å²) in [5.74, 6) is 0.172. The van der Waals surface area contributed by atoms with E-state index in [0.29, 0.717) is 6.42 Å². The average Bonchev–Trinajstić information content (AvgIpc) is 2.45. The molecule has 0 aliphatic carbocycles. The van der Waals surface area contributed by atoms with Crippen LogP contribution in [0.5, 0.6) is 0 Å². The van der Waals surface area contributed by atoms with Gasteiger partial charge in [-0.25, -0.2) is 0 Å². The summed E-state index contributed by atoms with van der Waals surface area (Å²) < 4.78 is 0. The van der Waals surface area contributed by atoms with Gasteiger partial charge in [0.15, 0.2) is 0 Å². The van der Waals surface area contributed by atoms with Crippen molar-refractivity contribution in [2.45, 2.75) is 25.1 Å². The van der Waals surface area contributed by atoms with E-state index in [1.807, 2.05) is 26.0 Å². The van der Waals surface area contributed by atoms with Gasteiger partial charge in [0.2, 0.25) is 5.91 Å². The summed E-state index contributed by atoms with van der Waals surface area (Å²) in [6, 6.07) is 3.91. The van der Waals surface area contributed by atoms with E-state index in [4.69, 9.17) is 0 Å². The van der Waals surface area contributed by atoms with Gasteiger partial charge in [0.1, 0.15) is 0 Å². The van der Waals surface area contributed by atoms with Crippen molar-refractivity contribution < 1.29 is 4.79 Å². The molecular formula is C11H13BrN2O. The molecule has 1 aliphatic heterocycles. The van der Waals surface area contributed by atoms with Crippen molar-refractivity contribution in [3.8, 4) is 0 Å². The summed E-state index contributed by atoms with van der Waals surface area (Å²) in [5, 5.41) is 0. The number of pyridine rings is 1. The number of anilines is 1. The van der Waals surface area contributed by atoms with E-state index in [0.717, 1.165) is 23.6 Å². The lowest BCUT2D eigenvalue weighted by Crippen LogP contribution is -2.25. The zero-order chi connectivity index (χ0) is 11.0. The lowest BCUT2D eigenvalue weighted by molar-refractivity contribution is -0.117. The zero-order valence-corrected chi connectivity index (χ0v) is 10.4. The Labute approximate surface area is 97.6 Å². The van der Waals surface area contributed by atoms with E-state index in [1.54, 1.807) is 4.90 Å². The number of hydrogen-bond acceptors (Lipinski definition) is 2. The number of alkyl halides is 1. The number of hydrogen-bond donors (Lipinski definition) is 0. The van der Waals surface area contributed by atoms with Crippen molar-refractivity contribution >= 4 is 27.5 Å². The highest BCUT2D eigenvalue weighted by Gasteiger charge is 2.29. The number of nitrogens with zero attached hydrogens (tertiary/aromatic N) is 2. The van der Waals surface area contributed by atoms with Crippen molar-refractivity contribution in [2.75, 3.05) is 11.4 Å². The van der Waals surface area contributed by atoms with Gasteiger partial charge < -0.3 is 4.90 Å². The molecule has 0 bridgehead atoms. The van der Waals surface area contributed by atoms with Gasteiger partial charge in [0.05, 0.1) is 11.4 Å². The van der Waals surface area contributed by atoms with Crippen molar-refractivity contribution in [2.24, 2.45) is 0 Å². The van der Waals surface area contributed by atoms with Crippen LogP contribution in [0.15, 0.2) is 12.1 Å². The Kier molecular flexibility index (Phi) is 2.78. The smallest absolute Gasteiger partial charge is 0.228 e. The Hall–Kier alpha value is -0.900. The quantitative estimate of drug-likeness (QED) is 0.732. The van der Waals surface area contributed by atoms with Crippen LogP contribution in [-0.2, 0) is 4.79 Å². The first-order valence-electron chi connectivity index (χ1n) is 4.96. The molecule has 1 aliphatic rings. The molecular weight excluding hydrogens is 256 g/mol. The van der Waals surface area contributed by atoms with Crippen LogP contribution in [0.3, 0.4) is 0 Å². The molecule has 80 valence electrons. The van der Waals surface area contributed by atoms with Crippen molar-refractivity contribution in [1.82, 2.24) is 4.98 Å². The van der Waals surface area contributed by atoms with Gasteiger partial charge in [0, 0.05) is 23.5 Å². The summed E-state index contributed by atoms with van der Waals surface area (Å²) in [6.45, 7) is 4.64. The van der Waals surface area contributed by atoms with Crippen molar-refractivity contribution in [3.63, 3.8) is 0 Å².